The monoisotopic (exact) mass is 623 g/mol. The average molecular weight is 624 g/mol. The summed E-state index contributed by atoms with van der Waals surface area (Å²) in [5.74, 6) is -2.11. The van der Waals surface area contributed by atoms with Crippen LogP contribution in [0.15, 0.2) is 66.7 Å². The normalized spacial score (nSPS) is 11.4. The van der Waals surface area contributed by atoms with Gasteiger partial charge >= 0.3 is 5.97 Å². The molecule has 5 aromatic rings. The molecule has 0 aliphatic heterocycles. The van der Waals surface area contributed by atoms with Crippen molar-refractivity contribution in [2.24, 2.45) is 5.92 Å². The van der Waals surface area contributed by atoms with Gasteiger partial charge in [0.1, 0.15) is 29.9 Å². The Morgan fingerprint density at radius 1 is 0.955 bits per heavy atom. The molecule has 0 saturated heterocycles. The molecule has 2 aromatic heterocycles. The summed E-state index contributed by atoms with van der Waals surface area (Å²) < 4.78 is 58.1. The quantitative estimate of drug-likeness (QED) is 0.143. The maximum atomic E-state index is 15.5. The largest absolute Gasteiger partial charge is 0.478 e. The molecule has 0 saturated carbocycles. The van der Waals surface area contributed by atoms with Gasteiger partial charge in [-0.05, 0) is 60.0 Å². The number of ether oxygens (including phenoxy) is 2. The molecule has 44 heavy (non-hydrogen) atoms. The SMILES string of the molecule is CC(C)COCCn1c(Cc2cc(F)c(-c3cccc(OCc4ccc(Cl)cc4F)n3)cc2F)nc2ccc(C(=O)O)cc21. The van der Waals surface area contributed by atoms with Gasteiger partial charge in [0.05, 0.1) is 28.9 Å². The summed E-state index contributed by atoms with van der Waals surface area (Å²) in [6, 6.07) is 15.6. The molecule has 0 atom stereocenters. The van der Waals surface area contributed by atoms with Crippen LogP contribution in [0.5, 0.6) is 5.88 Å². The molecule has 0 spiro atoms. The van der Waals surface area contributed by atoms with Gasteiger partial charge in [0.15, 0.2) is 0 Å². The molecular weight excluding hydrogens is 595 g/mol. The number of carboxylic acid groups (broad SMARTS) is 1. The predicted octanol–water partition coefficient (Wildman–Crippen LogP) is 7.71. The topological polar surface area (TPSA) is 86.5 Å². The van der Waals surface area contributed by atoms with Crippen molar-refractivity contribution >= 4 is 28.6 Å². The summed E-state index contributed by atoms with van der Waals surface area (Å²) in [6.07, 6.45) is -0.0481. The van der Waals surface area contributed by atoms with E-state index in [4.69, 9.17) is 21.1 Å². The van der Waals surface area contributed by atoms with Crippen molar-refractivity contribution in [1.29, 1.82) is 0 Å². The van der Waals surface area contributed by atoms with E-state index in [2.05, 4.69) is 9.97 Å². The van der Waals surface area contributed by atoms with E-state index < -0.39 is 23.4 Å². The van der Waals surface area contributed by atoms with Crippen molar-refractivity contribution in [2.45, 2.75) is 33.4 Å². The number of halogens is 4. The number of carbonyl (C=O) groups is 1. The second kappa shape index (κ2) is 13.5. The molecule has 7 nitrogen and oxygen atoms in total. The first kappa shape index (κ1) is 31.0. The van der Waals surface area contributed by atoms with E-state index in [1.165, 1.54) is 42.5 Å². The van der Waals surface area contributed by atoms with Crippen LogP contribution in [-0.4, -0.2) is 38.8 Å². The fourth-order valence-electron chi connectivity index (χ4n) is 4.69. The molecule has 0 unspecified atom stereocenters. The third-order valence-electron chi connectivity index (χ3n) is 6.86. The van der Waals surface area contributed by atoms with Crippen molar-refractivity contribution in [1.82, 2.24) is 14.5 Å². The zero-order valence-electron chi connectivity index (χ0n) is 24.0. The molecule has 0 amide bonds. The third-order valence-corrected chi connectivity index (χ3v) is 7.09. The maximum Gasteiger partial charge on any atom is 0.335 e. The van der Waals surface area contributed by atoms with E-state index in [0.717, 1.165) is 12.1 Å². The molecule has 5 rings (SSSR count). The highest BCUT2D eigenvalue weighted by atomic mass is 35.5. The fraction of sp³-hybridized carbons (Fsp3) is 0.242. The second-order valence-electron chi connectivity index (χ2n) is 10.6. The first-order chi connectivity index (χ1) is 21.1. The van der Waals surface area contributed by atoms with Crippen molar-refractivity contribution in [3.63, 3.8) is 0 Å². The Labute approximate surface area is 256 Å². The molecular formula is C33H29ClF3N3O4. The number of imidazole rings is 1. The minimum absolute atomic E-state index is 0.0481. The lowest BCUT2D eigenvalue weighted by molar-refractivity contribution is 0.0697. The van der Waals surface area contributed by atoms with E-state index in [9.17, 15) is 14.3 Å². The zero-order chi connectivity index (χ0) is 31.4. The highest BCUT2D eigenvalue weighted by Crippen LogP contribution is 2.28. The van der Waals surface area contributed by atoms with E-state index in [0.29, 0.717) is 42.5 Å². The molecule has 3 aromatic carbocycles. The molecule has 228 valence electrons. The Kier molecular flexibility index (Phi) is 9.51. The van der Waals surface area contributed by atoms with Crippen molar-refractivity contribution < 1.29 is 32.5 Å². The summed E-state index contributed by atoms with van der Waals surface area (Å²) in [4.78, 5) is 20.5. The van der Waals surface area contributed by atoms with Gasteiger partial charge in [-0.25, -0.2) is 27.9 Å². The number of fused-ring (bicyclic) bond motifs is 1. The molecule has 0 aliphatic carbocycles. The Bertz CT molecular complexity index is 1830. The Balaban J connectivity index is 1.40. The lowest BCUT2D eigenvalue weighted by Gasteiger charge is -2.13. The van der Waals surface area contributed by atoms with Crippen LogP contribution < -0.4 is 4.74 Å². The number of hydrogen-bond acceptors (Lipinski definition) is 5. The van der Waals surface area contributed by atoms with Crippen LogP contribution in [0.25, 0.3) is 22.3 Å². The minimum Gasteiger partial charge on any atom is -0.478 e. The number of rotatable bonds is 12. The second-order valence-corrected chi connectivity index (χ2v) is 11.1. The number of benzene rings is 3. The summed E-state index contributed by atoms with van der Waals surface area (Å²) in [5, 5.41) is 9.74. The number of nitrogens with zero attached hydrogens (tertiary/aromatic N) is 3. The van der Waals surface area contributed by atoms with Gasteiger partial charge in [-0.2, -0.15) is 0 Å². The van der Waals surface area contributed by atoms with Crippen LogP contribution in [0.4, 0.5) is 13.2 Å². The van der Waals surface area contributed by atoms with Crippen LogP contribution in [-0.2, 0) is 24.3 Å². The molecule has 0 aliphatic rings. The average Bonchev–Trinajstić information content (AvgIpc) is 3.32. The minimum atomic E-state index is -1.08. The summed E-state index contributed by atoms with van der Waals surface area (Å²) in [7, 11) is 0. The van der Waals surface area contributed by atoms with E-state index in [1.807, 2.05) is 13.8 Å². The van der Waals surface area contributed by atoms with Gasteiger partial charge in [-0.1, -0.05) is 37.6 Å². The van der Waals surface area contributed by atoms with E-state index in [1.54, 1.807) is 16.7 Å². The van der Waals surface area contributed by atoms with E-state index in [-0.39, 0.29) is 51.9 Å². The van der Waals surface area contributed by atoms with Gasteiger partial charge in [0, 0.05) is 41.8 Å². The fourth-order valence-corrected chi connectivity index (χ4v) is 4.85. The van der Waals surface area contributed by atoms with Crippen molar-refractivity contribution in [3.05, 3.63) is 112 Å². The first-order valence-corrected chi connectivity index (χ1v) is 14.3. The van der Waals surface area contributed by atoms with Gasteiger partial charge in [0.25, 0.3) is 0 Å². The summed E-state index contributed by atoms with van der Waals surface area (Å²) in [5.41, 5.74) is 1.58. The van der Waals surface area contributed by atoms with Crippen molar-refractivity contribution in [3.8, 4) is 17.1 Å². The third kappa shape index (κ3) is 7.20. The molecule has 0 bridgehead atoms. The maximum absolute atomic E-state index is 15.5. The predicted molar refractivity (Wildman–Crippen MR) is 160 cm³/mol. The zero-order valence-corrected chi connectivity index (χ0v) is 24.7. The number of aromatic carboxylic acids is 1. The van der Waals surface area contributed by atoms with Crippen LogP contribution in [0.3, 0.4) is 0 Å². The number of pyridine rings is 1. The van der Waals surface area contributed by atoms with Gasteiger partial charge in [-0.3, -0.25) is 0 Å². The molecule has 1 N–H and O–H groups in total. The summed E-state index contributed by atoms with van der Waals surface area (Å²) in [6.45, 7) is 5.15. The number of hydrogen-bond donors (Lipinski definition) is 1. The van der Waals surface area contributed by atoms with Crippen LogP contribution in [0.2, 0.25) is 5.02 Å². The Hall–Kier alpha value is -4.41. The molecule has 0 fully saturated rings. The lowest BCUT2D eigenvalue weighted by atomic mass is 10.0. The van der Waals surface area contributed by atoms with Crippen LogP contribution in [0.1, 0.15) is 41.2 Å². The Morgan fingerprint density at radius 3 is 2.50 bits per heavy atom. The number of aromatic nitrogens is 3. The Morgan fingerprint density at radius 2 is 1.75 bits per heavy atom. The molecule has 0 radical (unpaired) electrons. The van der Waals surface area contributed by atoms with Gasteiger partial charge < -0.3 is 19.1 Å². The molecule has 2 heterocycles. The smallest absolute Gasteiger partial charge is 0.335 e. The van der Waals surface area contributed by atoms with Crippen LogP contribution in [0, 0.1) is 23.4 Å². The lowest BCUT2D eigenvalue weighted by Crippen LogP contribution is -2.13. The first-order valence-electron chi connectivity index (χ1n) is 13.9. The van der Waals surface area contributed by atoms with E-state index >= 15 is 8.78 Å². The number of carboxylic acids is 1. The van der Waals surface area contributed by atoms with Gasteiger partial charge in [0.2, 0.25) is 5.88 Å². The summed E-state index contributed by atoms with van der Waals surface area (Å²) >= 11 is 5.80. The molecule has 11 heteroatoms. The van der Waals surface area contributed by atoms with Gasteiger partial charge in [-0.15, -0.1) is 0 Å². The highest BCUT2D eigenvalue weighted by Gasteiger charge is 2.19. The van der Waals surface area contributed by atoms with Crippen molar-refractivity contribution in [2.75, 3.05) is 13.2 Å². The standard InChI is InChI=1S/C33H29ClF3N3O4/c1-19(2)17-43-11-10-40-30-13-20(33(41)42)7-9-29(30)38-31(40)14-22-12-27(37)24(16-26(22)36)28-4-3-5-32(39-28)44-18-21-6-8-23(34)15-25(21)35/h3-9,12-13,15-16,19H,10-11,14,17-18H2,1-2H3,(H,41,42). The van der Waals surface area contributed by atoms with Crippen LogP contribution >= 0.6 is 11.6 Å². The highest BCUT2D eigenvalue weighted by molar-refractivity contribution is 6.30.